The summed E-state index contributed by atoms with van der Waals surface area (Å²) in [6, 6.07) is 12.7. The number of rotatable bonds is 8. The minimum absolute atomic E-state index is 0.0694. The van der Waals surface area contributed by atoms with E-state index in [9.17, 15) is 4.79 Å². The van der Waals surface area contributed by atoms with Crippen LogP contribution in [0.15, 0.2) is 46.9 Å². The third-order valence-corrected chi connectivity index (χ3v) is 5.37. The van der Waals surface area contributed by atoms with E-state index in [4.69, 9.17) is 23.4 Å². The number of anilines is 1. The summed E-state index contributed by atoms with van der Waals surface area (Å²) in [4.78, 5) is 12.9. The quantitative estimate of drug-likeness (QED) is 0.488. The fourth-order valence-corrected chi connectivity index (χ4v) is 3.48. The van der Waals surface area contributed by atoms with Gasteiger partial charge in [-0.05, 0) is 35.2 Å². The molecule has 1 aromatic heterocycles. The summed E-state index contributed by atoms with van der Waals surface area (Å²) < 4.78 is 27.6. The predicted octanol–water partition coefficient (Wildman–Crippen LogP) is 5.45. The van der Waals surface area contributed by atoms with E-state index in [1.807, 2.05) is 18.2 Å². The highest BCUT2D eigenvalue weighted by molar-refractivity contribution is 6.03. The maximum absolute atomic E-state index is 12.9. The molecule has 3 aromatic rings. The van der Waals surface area contributed by atoms with Crippen molar-refractivity contribution in [3.05, 3.63) is 65.1 Å². The van der Waals surface area contributed by atoms with Gasteiger partial charge < -0.3 is 28.7 Å². The Kier molecular flexibility index (Phi) is 7.21. The Balaban J connectivity index is 1.84. The van der Waals surface area contributed by atoms with Crippen molar-refractivity contribution < 1.29 is 28.2 Å². The maximum atomic E-state index is 12.9. The van der Waals surface area contributed by atoms with Gasteiger partial charge in [0.1, 0.15) is 28.8 Å². The molecule has 0 aliphatic rings. The largest absolute Gasteiger partial charge is 0.496 e. The molecule has 0 radical (unpaired) electrons. The number of ether oxygens (including phenoxy) is 4. The van der Waals surface area contributed by atoms with Gasteiger partial charge in [0.25, 0.3) is 5.91 Å². The Morgan fingerprint density at radius 2 is 1.48 bits per heavy atom. The number of carbonyl (C=O) groups is 1. The molecule has 2 aromatic carbocycles. The lowest BCUT2D eigenvalue weighted by atomic mass is 9.87. The van der Waals surface area contributed by atoms with Gasteiger partial charge in [0.2, 0.25) is 0 Å². The van der Waals surface area contributed by atoms with E-state index in [1.54, 1.807) is 52.7 Å². The summed E-state index contributed by atoms with van der Waals surface area (Å²) in [5.74, 6) is 2.85. The minimum atomic E-state index is -0.362. The topological polar surface area (TPSA) is 79.2 Å². The number of nitrogens with one attached hydrogen (secondary N) is 1. The highest BCUT2D eigenvalue weighted by Gasteiger charge is 2.20. The molecule has 3 rings (SSSR count). The van der Waals surface area contributed by atoms with Crippen LogP contribution < -0.4 is 24.3 Å². The Labute approximate surface area is 194 Å². The van der Waals surface area contributed by atoms with Crippen molar-refractivity contribution in [2.75, 3.05) is 33.8 Å². The van der Waals surface area contributed by atoms with Gasteiger partial charge in [0, 0.05) is 24.1 Å². The molecule has 0 aliphatic carbocycles. The van der Waals surface area contributed by atoms with Gasteiger partial charge in [0.15, 0.2) is 5.76 Å². The Bertz CT molecular complexity index is 1100. The summed E-state index contributed by atoms with van der Waals surface area (Å²) in [6.45, 7) is 6.34. The van der Waals surface area contributed by atoms with Crippen LogP contribution in [0, 0.1) is 0 Å². The molecule has 1 N–H and O–H groups in total. The van der Waals surface area contributed by atoms with Crippen molar-refractivity contribution in [1.29, 1.82) is 0 Å². The lowest BCUT2D eigenvalue weighted by Gasteiger charge is -2.21. The van der Waals surface area contributed by atoms with E-state index in [0.29, 0.717) is 40.9 Å². The first-order valence-corrected chi connectivity index (χ1v) is 10.6. The van der Waals surface area contributed by atoms with Crippen LogP contribution in [0.3, 0.4) is 0 Å². The highest BCUT2D eigenvalue weighted by atomic mass is 16.5. The van der Waals surface area contributed by atoms with Crippen LogP contribution in [0.5, 0.6) is 23.0 Å². The first kappa shape index (κ1) is 24.0. The van der Waals surface area contributed by atoms with Crippen LogP contribution in [0.4, 0.5) is 5.69 Å². The van der Waals surface area contributed by atoms with Gasteiger partial charge in [-0.1, -0.05) is 26.8 Å². The SMILES string of the molecule is COc1cc(OC)c(Cc2ccc(C(=O)Nc3cc(C(C)(C)C)ccc3OC)o2)c(OC)c1. The third kappa shape index (κ3) is 5.42. The minimum Gasteiger partial charge on any atom is -0.496 e. The van der Waals surface area contributed by atoms with Crippen molar-refractivity contribution >= 4 is 11.6 Å². The molecule has 0 fully saturated rings. The monoisotopic (exact) mass is 453 g/mol. The van der Waals surface area contributed by atoms with Crippen molar-refractivity contribution in [3.63, 3.8) is 0 Å². The fourth-order valence-electron chi connectivity index (χ4n) is 3.48. The molecule has 33 heavy (non-hydrogen) atoms. The molecular weight excluding hydrogens is 422 g/mol. The summed E-state index contributed by atoms with van der Waals surface area (Å²) in [5.41, 5.74) is 2.39. The van der Waals surface area contributed by atoms with Gasteiger partial charge in [-0.15, -0.1) is 0 Å². The molecule has 1 heterocycles. The third-order valence-electron chi connectivity index (χ3n) is 5.37. The number of furan rings is 1. The second-order valence-corrected chi connectivity index (χ2v) is 8.57. The van der Waals surface area contributed by atoms with E-state index < -0.39 is 0 Å². The zero-order valence-corrected chi connectivity index (χ0v) is 20.2. The zero-order chi connectivity index (χ0) is 24.2. The number of amides is 1. The van der Waals surface area contributed by atoms with Crippen LogP contribution in [0.2, 0.25) is 0 Å². The smallest absolute Gasteiger partial charge is 0.291 e. The number of benzene rings is 2. The highest BCUT2D eigenvalue weighted by Crippen LogP contribution is 2.36. The van der Waals surface area contributed by atoms with Crippen molar-refractivity contribution in [1.82, 2.24) is 0 Å². The van der Waals surface area contributed by atoms with Crippen molar-refractivity contribution in [3.8, 4) is 23.0 Å². The molecule has 0 atom stereocenters. The second-order valence-electron chi connectivity index (χ2n) is 8.57. The molecule has 0 saturated heterocycles. The van der Waals surface area contributed by atoms with Gasteiger partial charge in [-0.25, -0.2) is 0 Å². The predicted molar refractivity (Wildman–Crippen MR) is 127 cm³/mol. The van der Waals surface area contributed by atoms with Gasteiger partial charge in [-0.2, -0.15) is 0 Å². The van der Waals surface area contributed by atoms with E-state index >= 15 is 0 Å². The molecule has 0 unspecified atom stereocenters. The molecule has 0 bridgehead atoms. The van der Waals surface area contributed by atoms with E-state index in [2.05, 4.69) is 26.1 Å². The van der Waals surface area contributed by atoms with Crippen LogP contribution in [0.25, 0.3) is 0 Å². The van der Waals surface area contributed by atoms with Gasteiger partial charge in [-0.3, -0.25) is 4.79 Å². The normalized spacial score (nSPS) is 11.1. The van der Waals surface area contributed by atoms with Crippen LogP contribution >= 0.6 is 0 Å². The number of hydrogen-bond donors (Lipinski definition) is 1. The number of carbonyl (C=O) groups excluding carboxylic acids is 1. The molecule has 0 spiro atoms. The molecule has 0 saturated carbocycles. The van der Waals surface area contributed by atoms with E-state index in [0.717, 1.165) is 11.1 Å². The molecule has 176 valence electrons. The van der Waals surface area contributed by atoms with Gasteiger partial charge in [0.05, 0.1) is 34.1 Å². The molecule has 7 heteroatoms. The van der Waals surface area contributed by atoms with E-state index in [1.165, 1.54) is 0 Å². The molecule has 0 aliphatic heterocycles. The Morgan fingerprint density at radius 1 is 0.848 bits per heavy atom. The lowest BCUT2D eigenvalue weighted by molar-refractivity contribution is 0.0994. The van der Waals surface area contributed by atoms with Crippen LogP contribution in [0.1, 0.15) is 48.2 Å². The van der Waals surface area contributed by atoms with E-state index in [-0.39, 0.29) is 17.1 Å². The summed E-state index contributed by atoms with van der Waals surface area (Å²) in [6.07, 6.45) is 0.381. The second kappa shape index (κ2) is 9.90. The summed E-state index contributed by atoms with van der Waals surface area (Å²) in [7, 11) is 6.31. The van der Waals surface area contributed by atoms with Crippen LogP contribution in [-0.2, 0) is 11.8 Å². The van der Waals surface area contributed by atoms with Crippen LogP contribution in [-0.4, -0.2) is 34.3 Å². The fraction of sp³-hybridized carbons (Fsp3) is 0.346. The molecule has 1 amide bonds. The average Bonchev–Trinajstić information content (AvgIpc) is 3.27. The van der Waals surface area contributed by atoms with Gasteiger partial charge >= 0.3 is 0 Å². The maximum Gasteiger partial charge on any atom is 0.291 e. The Hall–Kier alpha value is -3.61. The zero-order valence-electron chi connectivity index (χ0n) is 20.2. The number of hydrogen-bond acceptors (Lipinski definition) is 6. The average molecular weight is 454 g/mol. The van der Waals surface area contributed by atoms with Crippen molar-refractivity contribution in [2.24, 2.45) is 0 Å². The number of methoxy groups -OCH3 is 4. The summed E-state index contributed by atoms with van der Waals surface area (Å²) >= 11 is 0. The molecular formula is C26H31NO6. The first-order valence-electron chi connectivity index (χ1n) is 10.6. The Morgan fingerprint density at radius 3 is 2.03 bits per heavy atom. The molecule has 7 nitrogen and oxygen atoms in total. The summed E-state index contributed by atoms with van der Waals surface area (Å²) in [5, 5.41) is 2.90. The van der Waals surface area contributed by atoms with Crippen molar-refractivity contribution in [2.45, 2.75) is 32.6 Å². The first-order chi connectivity index (χ1) is 15.7. The standard InChI is InChI=1S/C26H31NO6/c1-26(2,3)16-8-10-21(30-5)20(12-16)27-25(28)22-11-9-17(33-22)13-19-23(31-6)14-18(29-4)15-24(19)32-7/h8-12,14-15H,13H2,1-7H3,(H,27,28). The lowest BCUT2D eigenvalue weighted by Crippen LogP contribution is -2.15.